The predicted molar refractivity (Wildman–Crippen MR) is 103 cm³/mol. The summed E-state index contributed by atoms with van der Waals surface area (Å²) in [6.45, 7) is 6.67. The molecule has 1 amide bonds. The van der Waals surface area contributed by atoms with Crippen LogP contribution in [0.15, 0.2) is 30.3 Å². The highest BCUT2D eigenvalue weighted by molar-refractivity contribution is 7.92. The maximum atomic E-state index is 13.9. The van der Waals surface area contributed by atoms with Crippen molar-refractivity contribution in [1.82, 2.24) is 0 Å². The molecule has 144 valence electrons. The summed E-state index contributed by atoms with van der Waals surface area (Å²) in [4.78, 5) is 14.6. The maximum Gasteiger partial charge on any atom is 0.275 e. The lowest BCUT2D eigenvalue weighted by atomic mass is 10.00. The third-order valence-corrected chi connectivity index (χ3v) is 5.13. The third kappa shape index (κ3) is 3.49. The second-order valence-corrected chi connectivity index (χ2v) is 8.87. The molecule has 2 aromatic carbocycles. The van der Waals surface area contributed by atoms with Gasteiger partial charge in [-0.1, -0.05) is 0 Å². The van der Waals surface area contributed by atoms with E-state index < -0.39 is 15.6 Å². The molecule has 2 aromatic rings. The first-order valence-corrected chi connectivity index (χ1v) is 10.2. The van der Waals surface area contributed by atoms with E-state index in [9.17, 15) is 17.6 Å². The Balaban J connectivity index is 2.19. The Morgan fingerprint density at radius 1 is 1.07 bits per heavy atom. The lowest BCUT2D eigenvalue weighted by Gasteiger charge is -2.39. The highest BCUT2D eigenvalue weighted by Crippen LogP contribution is 2.44. The van der Waals surface area contributed by atoms with Gasteiger partial charge in [0.25, 0.3) is 5.91 Å². The molecular formula is C19H21FN2O4S. The number of fused-ring (bicyclic) bond motifs is 1. The monoisotopic (exact) mass is 392 g/mol. The standard InChI is InChI=1S/C19H21FN2O4S/c1-11-12(2)15(9-7-14(11)20)22-16-8-6-13(21-27(5,24)25)10-17(16)26-19(3,4)18(22)23/h6-10,21H,1-5H3. The van der Waals surface area contributed by atoms with Gasteiger partial charge in [0.2, 0.25) is 10.0 Å². The highest BCUT2D eigenvalue weighted by atomic mass is 32.2. The minimum Gasteiger partial charge on any atom is -0.476 e. The van der Waals surface area contributed by atoms with Crippen molar-refractivity contribution in [2.45, 2.75) is 33.3 Å². The molecule has 1 heterocycles. The summed E-state index contributed by atoms with van der Waals surface area (Å²) in [7, 11) is -3.45. The lowest BCUT2D eigenvalue weighted by molar-refractivity contribution is -0.131. The van der Waals surface area contributed by atoms with Gasteiger partial charge < -0.3 is 4.74 Å². The number of amides is 1. The van der Waals surface area contributed by atoms with Gasteiger partial charge in [-0.15, -0.1) is 0 Å². The zero-order chi connectivity index (χ0) is 20.1. The number of hydrogen-bond acceptors (Lipinski definition) is 4. The van der Waals surface area contributed by atoms with E-state index in [1.165, 1.54) is 17.0 Å². The van der Waals surface area contributed by atoms with E-state index in [1.807, 2.05) is 0 Å². The first kappa shape index (κ1) is 19.2. The van der Waals surface area contributed by atoms with Crippen molar-refractivity contribution in [2.75, 3.05) is 15.9 Å². The zero-order valence-corrected chi connectivity index (χ0v) is 16.6. The second-order valence-electron chi connectivity index (χ2n) is 7.13. The molecule has 0 unspecified atom stereocenters. The van der Waals surface area contributed by atoms with Crippen LogP contribution in [0.3, 0.4) is 0 Å². The first-order valence-electron chi connectivity index (χ1n) is 8.32. The van der Waals surface area contributed by atoms with Gasteiger partial charge in [0, 0.05) is 6.07 Å². The Bertz CT molecular complexity index is 1050. The van der Waals surface area contributed by atoms with E-state index in [-0.39, 0.29) is 11.7 Å². The molecule has 6 nitrogen and oxygen atoms in total. The van der Waals surface area contributed by atoms with Crippen LogP contribution in [0.25, 0.3) is 0 Å². The van der Waals surface area contributed by atoms with Crippen LogP contribution in [-0.2, 0) is 14.8 Å². The topological polar surface area (TPSA) is 75.7 Å². The van der Waals surface area contributed by atoms with Crippen molar-refractivity contribution in [3.8, 4) is 5.75 Å². The van der Waals surface area contributed by atoms with Gasteiger partial charge in [0.1, 0.15) is 11.6 Å². The van der Waals surface area contributed by atoms with Crippen LogP contribution in [-0.4, -0.2) is 26.2 Å². The van der Waals surface area contributed by atoms with Crippen LogP contribution in [0.2, 0.25) is 0 Å². The smallest absolute Gasteiger partial charge is 0.275 e. The average Bonchev–Trinajstić information content (AvgIpc) is 2.53. The van der Waals surface area contributed by atoms with Crippen molar-refractivity contribution >= 4 is 33.0 Å². The minimum absolute atomic E-state index is 0.298. The van der Waals surface area contributed by atoms with Gasteiger partial charge in [-0.25, -0.2) is 12.8 Å². The number of nitrogens with zero attached hydrogens (tertiary/aromatic N) is 1. The van der Waals surface area contributed by atoms with Gasteiger partial charge in [-0.3, -0.25) is 14.4 Å². The van der Waals surface area contributed by atoms with Crippen molar-refractivity contribution < 1.29 is 22.3 Å². The maximum absolute atomic E-state index is 13.9. The molecule has 0 saturated heterocycles. The van der Waals surface area contributed by atoms with Crippen molar-refractivity contribution in [1.29, 1.82) is 0 Å². The molecule has 3 rings (SSSR count). The predicted octanol–water partition coefficient (Wildman–Crippen LogP) is 3.65. The molecule has 1 N–H and O–H groups in total. The SMILES string of the molecule is Cc1c(F)ccc(N2C(=O)C(C)(C)Oc3cc(NS(C)(=O)=O)ccc32)c1C. The van der Waals surface area contributed by atoms with Gasteiger partial charge in [-0.05, 0) is 63.1 Å². The normalized spacial score (nSPS) is 15.9. The number of halogens is 1. The molecule has 0 radical (unpaired) electrons. The fraction of sp³-hybridized carbons (Fsp3) is 0.316. The van der Waals surface area contributed by atoms with E-state index in [2.05, 4.69) is 4.72 Å². The first-order chi connectivity index (χ1) is 12.4. The molecule has 27 heavy (non-hydrogen) atoms. The van der Waals surface area contributed by atoms with Gasteiger partial charge >= 0.3 is 0 Å². The fourth-order valence-electron chi connectivity index (χ4n) is 3.01. The summed E-state index contributed by atoms with van der Waals surface area (Å²) in [5, 5.41) is 0. The molecule has 1 aliphatic rings. The van der Waals surface area contributed by atoms with Gasteiger partial charge in [-0.2, -0.15) is 0 Å². The Hall–Kier alpha value is -2.61. The number of hydrogen-bond donors (Lipinski definition) is 1. The van der Waals surface area contributed by atoms with E-state index in [0.29, 0.717) is 33.9 Å². The van der Waals surface area contributed by atoms with E-state index in [1.54, 1.807) is 45.9 Å². The number of benzene rings is 2. The molecule has 1 aliphatic heterocycles. The van der Waals surface area contributed by atoms with Crippen molar-refractivity contribution in [2.24, 2.45) is 0 Å². The van der Waals surface area contributed by atoms with Gasteiger partial charge in [0.15, 0.2) is 5.60 Å². The molecular weight excluding hydrogens is 371 g/mol. The molecule has 0 fully saturated rings. The zero-order valence-electron chi connectivity index (χ0n) is 15.8. The summed E-state index contributed by atoms with van der Waals surface area (Å²) in [6, 6.07) is 7.57. The largest absolute Gasteiger partial charge is 0.476 e. The molecule has 0 spiro atoms. The summed E-state index contributed by atoms with van der Waals surface area (Å²) >= 11 is 0. The molecule has 8 heteroatoms. The summed E-state index contributed by atoms with van der Waals surface area (Å²) in [5.41, 5.74) is 1.28. The van der Waals surface area contributed by atoms with Crippen LogP contribution in [0.1, 0.15) is 25.0 Å². The Morgan fingerprint density at radius 2 is 1.70 bits per heavy atom. The van der Waals surface area contributed by atoms with Crippen LogP contribution < -0.4 is 14.4 Å². The highest BCUT2D eigenvalue weighted by Gasteiger charge is 2.42. The second kappa shape index (κ2) is 6.23. The Kier molecular flexibility index (Phi) is 4.42. The van der Waals surface area contributed by atoms with Crippen molar-refractivity contribution in [3.63, 3.8) is 0 Å². The van der Waals surface area contributed by atoms with Crippen molar-refractivity contribution in [3.05, 3.63) is 47.3 Å². The number of ether oxygens (including phenoxy) is 1. The molecule has 0 saturated carbocycles. The van der Waals surface area contributed by atoms with E-state index in [4.69, 9.17) is 4.74 Å². The number of carbonyl (C=O) groups excluding carboxylic acids is 1. The molecule has 0 bridgehead atoms. The third-order valence-electron chi connectivity index (χ3n) is 4.52. The average molecular weight is 392 g/mol. The van der Waals surface area contributed by atoms with Crippen LogP contribution in [0.4, 0.5) is 21.5 Å². The number of rotatable bonds is 3. The Labute approximate surface area is 158 Å². The summed E-state index contributed by atoms with van der Waals surface area (Å²) in [5.74, 6) is -0.285. The van der Waals surface area contributed by atoms with Crippen LogP contribution >= 0.6 is 0 Å². The quantitative estimate of drug-likeness (QED) is 0.865. The molecule has 0 atom stereocenters. The fourth-order valence-corrected chi connectivity index (χ4v) is 3.57. The van der Waals surface area contributed by atoms with E-state index >= 15 is 0 Å². The summed E-state index contributed by atoms with van der Waals surface area (Å²) < 4.78 is 45.1. The lowest BCUT2D eigenvalue weighted by Crippen LogP contribution is -2.50. The van der Waals surface area contributed by atoms with E-state index in [0.717, 1.165) is 6.26 Å². The number of anilines is 3. The molecule has 0 aliphatic carbocycles. The number of sulfonamides is 1. The Morgan fingerprint density at radius 3 is 2.33 bits per heavy atom. The molecule has 0 aromatic heterocycles. The van der Waals surface area contributed by atoms with Crippen LogP contribution in [0, 0.1) is 19.7 Å². The number of carbonyl (C=O) groups is 1. The minimum atomic E-state index is -3.45. The van der Waals surface area contributed by atoms with Crippen LogP contribution in [0.5, 0.6) is 5.75 Å². The summed E-state index contributed by atoms with van der Waals surface area (Å²) in [6.07, 6.45) is 1.05. The number of nitrogens with one attached hydrogen (secondary N) is 1. The van der Waals surface area contributed by atoms with Gasteiger partial charge in [0.05, 0.1) is 23.3 Å².